The number of ether oxygens (including phenoxy) is 1. The Bertz CT molecular complexity index is 722. The summed E-state index contributed by atoms with van der Waals surface area (Å²) in [5.41, 5.74) is 1.03. The van der Waals surface area contributed by atoms with E-state index < -0.39 is 14.6 Å². The van der Waals surface area contributed by atoms with Crippen LogP contribution in [0, 0.1) is 0 Å². The van der Waals surface area contributed by atoms with Crippen LogP contribution in [-0.4, -0.2) is 52.2 Å². The van der Waals surface area contributed by atoms with E-state index in [2.05, 4.69) is 15.6 Å². The predicted octanol–water partition coefficient (Wildman–Crippen LogP) is 2.78. The lowest BCUT2D eigenvalue weighted by Gasteiger charge is -2.36. The molecule has 1 atom stereocenters. The lowest BCUT2D eigenvalue weighted by atomic mass is 9.99. The minimum Gasteiger partial charge on any atom is -0.381 e. The lowest BCUT2D eigenvalue weighted by molar-refractivity contribution is 0.0756. The summed E-state index contributed by atoms with van der Waals surface area (Å²) in [6, 6.07) is 7.57. The molecule has 1 unspecified atom stereocenters. The molecule has 9 heteroatoms. The van der Waals surface area contributed by atoms with Gasteiger partial charge in [0.15, 0.2) is 15.8 Å². The van der Waals surface area contributed by atoms with Gasteiger partial charge in [-0.3, -0.25) is 4.99 Å². The second-order valence-corrected chi connectivity index (χ2v) is 9.26. The fraction of sp³-hybridized carbons (Fsp3) is 0.588. The number of hydrogen-bond acceptors (Lipinski definition) is 4. The molecule has 0 amide bonds. The summed E-state index contributed by atoms with van der Waals surface area (Å²) in [5, 5.41) is 7.12. The molecular weight excluding hydrogens is 489 g/mol. The Morgan fingerprint density at radius 1 is 1.38 bits per heavy atom. The Kier molecular flexibility index (Phi) is 9.11. The highest BCUT2D eigenvalue weighted by Gasteiger charge is 2.42. The second-order valence-electron chi connectivity index (χ2n) is 6.41. The van der Waals surface area contributed by atoms with Gasteiger partial charge < -0.3 is 15.4 Å². The zero-order valence-electron chi connectivity index (χ0n) is 15.3. The minimum absolute atomic E-state index is 0. The number of nitrogens with zero attached hydrogens (tertiary/aromatic N) is 1. The van der Waals surface area contributed by atoms with Crippen molar-refractivity contribution in [3.63, 3.8) is 0 Å². The highest BCUT2D eigenvalue weighted by Crippen LogP contribution is 2.28. The largest absolute Gasteiger partial charge is 0.381 e. The van der Waals surface area contributed by atoms with E-state index in [1.54, 1.807) is 7.05 Å². The number of sulfone groups is 1. The summed E-state index contributed by atoms with van der Waals surface area (Å²) < 4.78 is 29.2. The van der Waals surface area contributed by atoms with Crippen molar-refractivity contribution in [1.82, 2.24) is 10.6 Å². The molecule has 1 aliphatic heterocycles. The van der Waals surface area contributed by atoms with Gasteiger partial charge in [0.2, 0.25) is 0 Å². The maximum atomic E-state index is 12.3. The topological polar surface area (TPSA) is 79.8 Å². The van der Waals surface area contributed by atoms with Crippen molar-refractivity contribution in [1.29, 1.82) is 0 Å². The molecule has 148 valence electrons. The highest BCUT2D eigenvalue weighted by molar-refractivity contribution is 14.0. The molecule has 2 rings (SSSR count). The average molecular weight is 516 g/mol. The van der Waals surface area contributed by atoms with Crippen LogP contribution < -0.4 is 10.6 Å². The molecule has 0 aliphatic carbocycles. The number of rotatable bonds is 5. The van der Waals surface area contributed by atoms with Crippen molar-refractivity contribution in [2.45, 2.75) is 30.6 Å². The number of guanidine groups is 1. The van der Waals surface area contributed by atoms with Gasteiger partial charge in [-0.15, -0.1) is 24.0 Å². The summed E-state index contributed by atoms with van der Waals surface area (Å²) in [7, 11) is -1.56. The van der Waals surface area contributed by atoms with Gasteiger partial charge in [0.25, 0.3) is 0 Å². The van der Waals surface area contributed by atoms with Crippen LogP contribution >= 0.6 is 35.6 Å². The van der Waals surface area contributed by atoms with Gasteiger partial charge in [-0.1, -0.05) is 23.7 Å². The van der Waals surface area contributed by atoms with Crippen molar-refractivity contribution in [2.75, 3.05) is 33.1 Å². The van der Waals surface area contributed by atoms with Crippen LogP contribution in [0.25, 0.3) is 0 Å². The van der Waals surface area contributed by atoms with Crippen molar-refractivity contribution in [3.8, 4) is 0 Å². The minimum atomic E-state index is -3.22. The summed E-state index contributed by atoms with van der Waals surface area (Å²) in [5.74, 6) is 0.557. The van der Waals surface area contributed by atoms with Gasteiger partial charge in [-0.05, 0) is 37.5 Å². The Morgan fingerprint density at radius 3 is 2.58 bits per heavy atom. The zero-order valence-corrected chi connectivity index (χ0v) is 19.2. The summed E-state index contributed by atoms with van der Waals surface area (Å²) >= 11 is 6.04. The Hall–Kier alpha value is -0.580. The van der Waals surface area contributed by atoms with Crippen LogP contribution in [0.5, 0.6) is 0 Å². The molecule has 1 aromatic rings. The summed E-state index contributed by atoms with van der Waals surface area (Å²) in [4.78, 5) is 4.21. The third kappa shape index (κ3) is 5.97. The first-order chi connectivity index (χ1) is 11.8. The molecule has 1 aromatic carbocycles. The first-order valence-corrected chi connectivity index (χ1v) is 10.5. The standard InChI is InChI=1S/C17H26ClN3O3S.HI/c1-13(14-5-4-6-15(18)11-14)21-16(19-2)20-12-17(25(3,22)23)7-9-24-10-8-17;/h4-6,11,13H,7-10,12H2,1-3H3,(H2,19,20,21);1H. The van der Waals surface area contributed by atoms with Crippen LogP contribution in [0.4, 0.5) is 0 Å². The molecule has 0 radical (unpaired) electrons. The van der Waals surface area contributed by atoms with E-state index in [4.69, 9.17) is 16.3 Å². The number of aliphatic imine (C=N–C) groups is 1. The molecule has 26 heavy (non-hydrogen) atoms. The van der Waals surface area contributed by atoms with Crippen LogP contribution in [0.3, 0.4) is 0 Å². The molecule has 1 saturated heterocycles. The van der Waals surface area contributed by atoms with Crippen LogP contribution in [-0.2, 0) is 14.6 Å². The van der Waals surface area contributed by atoms with Crippen LogP contribution in [0.2, 0.25) is 5.02 Å². The van der Waals surface area contributed by atoms with Crippen molar-refractivity contribution in [3.05, 3.63) is 34.9 Å². The maximum Gasteiger partial charge on any atom is 0.191 e. The zero-order chi connectivity index (χ0) is 18.5. The van der Waals surface area contributed by atoms with Crippen molar-refractivity contribution < 1.29 is 13.2 Å². The van der Waals surface area contributed by atoms with E-state index in [-0.39, 0.29) is 30.0 Å². The fourth-order valence-electron chi connectivity index (χ4n) is 2.93. The molecule has 1 aliphatic rings. The molecule has 0 bridgehead atoms. The molecule has 1 fully saturated rings. The first kappa shape index (κ1) is 23.5. The van der Waals surface area contributed by atoms with E-state index in [0.717, 1.165) is 5.56 Å². The summed E-state index contributed by atoms with van der Waals surface area (Å²) in [6.45, 7) is 3.22. The lowest BCUT2D eigenvalue weighted by Crippen LogP contribution is -2.53. The highest BCUT2D eigenvalue weighted by atomic mass is 127. The summed E-state index contributed by atoms with van der Waals surface area (Å²) in [6.07, 6.45) is 2.27. The molecule has 0 spiro atoms. The number of hydrogen-bond donors (Lipinski definition) is 2. The third-order valence-corrected chi connectivity index (χ3v) is 7.05. The Morgan fingerprint density at radius 2 is 2.04 bits per heavy atom. The fourth-order valence-corrected chi connectivity index (χ4v) is 4.37. The van der Waals surface area contributed by atoms with Gasteiger partial charge >= 0.3 is 0 Å². The quantitative estimate of drug-likeness (QED) is 0.358. The maximum absolute atomic E-state index is 12.3. The van der Waals surface area contributed by atoms with Gasteiger partial charge in [-0.2, -0.15) is 0 Å². The molecule has 1 heterocycles. The van der Waals surface area contributed by atoms with Crippen molar-refractivity contribution in [2.24, 2.45) is 4.99 Å². The molecule has 0 saturated carbocycles. The second kappa shape index (κ2) is 10.1. The Balaban J connectivity index is 0.00000338. The monoisotopic (exact) mass is 515 g/mol. The van der Waals surface area contributed by atoms with Gasteiger partial charge in [-0.25, -0.2) is 8.42 Å². The Labute approximate surface area is 178 Å². The molecule has 6 nitrogen and oxygen atoms in total. The number of nitrogens with one attached hydrogen (secondary N) is 2. The molecular formula is C17H27ClIN3O3S. The number of benzene rings is 1. The smallest absolute Gasteiger partial charge is 0.191 e. The van der Waals surface area contributed by atoms with Crippen LogP contribution in [0.15, 0.2) is 29.3 Å². The average Bonchev–Trinajstić information content (AvgIpc) is 2.58. The van der Waals surface area contributed by atoms with E-state index in [1.165, 1.54) is 6.26 Å². The van der Waals surface area contributed by atoms with Gasteiger partial charge in [0.1, 0.15) is 0 Å². The van der Waals surface area contributed by atoms with Crippen LogP contribution in [0.1, 0.15) is 31.4 Å². The third-order valence-electron chi connectivity index (χ3n) is 4.69. The molecule has 2 N–H and O–H groups in total. The first-order valence-electron chi connectivity index (χ1n) is 8.27. The van der Waals surface area contributed by atoms with E-state index in [9.17, 15) is 8.42 Å². The molecule has 0 aromatic heterocycles. The predicted molar refractivity (Wildman–Crippen MR) is 117 cm³/mol. The van der Waals surface area contributed by atoms with E-state index >= 15 is 0 Å². The van der Waals surface area contributed by atoms with Gasteiger partial charge in [0, 0.05) is 38.1 Å². The van der Waals surface area contributed by atoms with E-state index in [0.29, 0.717) is 43.6 Å². The number of halogens is 2. The SMILES string of the molecule is CN=C(NCC1(S(C)(=O)=O)CCOCC1)NC(C)c1cccc(Cl)c1.I. The van der Waals surface area contributed by atoms with Crippen molar-refractivity contribution >= 4 is 51.4 Å². The normalized spacial score (nSPS) is 18.5. The van der Waals surface area contributed by atoms with E-state index in [1.807, 2.05) is 31.2 Å². The van der Waals surface area contributed by atoms with Gasteiger partial charge in [0.05, 0.1) is 10.8 Å².